The third kappa shape index (κ3) is 1.88. The van der Waals surface area contributed by atoms with Crippen LogP contribution in [0.2, 0.25) is 0 Å². The van der Waals surface area contributed by atoms with E-state index >= 15 is 0 Å². The van der Waals surface area contributed by atoms with Gasteiger partial charge in [0, 0.05) is 13.0 Å². The van der Waals surface area contributed by atoms with Crippen LogP contribution in [0.3, 0.4) is 0 Å². The molecule has 6 heteroatoms. The highest BCUT2D eigenvalue weighted by Gasteiger charge is 2.14. The molecule has 0 aliphatic carbocycles. The van der Waals surface area contributed by atoms with Crippen molar-refractivity contribution in [3.05, 3.63) is 34.4 Å². The molecule has 0 bridgehead atoms. The third-order valence-electron chi connectivity index (χ3n) is 2.95. The number of benzene rings is 1. The molecule has 0 fully saturated rings. The maximum Gasteiger partial charge on any atom is 0.231 e. The van der Waals surface area contributed by atoms with Crippen LogP contribution in [0.25, 0.3) is 0 Å². The van der Waals surface area contributed by atoms with Gasteiger partial charge in [-0.2, -0.15) is 5.10 Å². The molecule has 0 saturated heterocycles. The summed E-state index contributed by atoms with van der Waals surface area (Å²) in [5.41, 5.74) is 1.13. The lowest BCUT2D eigenvalue weighted by atomic mass is 10.1. The molecule has 18 heavy (non-hydrogen) atoms. The van der Waals surface area contributed by atoms with E-state index in [4.69, 9.17) is 21.7 Å². The SMILES string of the molecule is CCn1c(Cc2ccc3c(c2)OCO3)n[nH]c1=S. The average Bonchev–Trinajstić information content (AvgIpc) is 2.96. The zero-order valence-electron chi connectivity index (χ0n) is 9.97. The van der Waals surface area contributed by atoms with Crippen LogP contribution in [-0.2, 0) is 13.0 Å². The number of H-pyrrole nitrogens is 1. The third-order valence-corrected chi connectivity index (χ3v) is 3.26. The van der Waals surface area contributed by atoms with Gasteiger partial charge in [0.05, 0.1) is 0 Å². The summed E-state index contributed by atoms with van der Waals surface area (Å²) < 4.78 is 13.3. The number of aromatic nitrogens is 3. The fourth-order valence-electron chi connectivity index (χ4n) is 2.04. The van der Waals surface area contributed by atoms with Crippen molar-refractivity contribution in [1.29, 1.82) is 0 Å². The second-order valence-corrected chi connectivity index (χ2v) is 4.44. The van der Waals surface area contributed by atoms with Crippen molar-refractivity contribution in [2.45, 2.75) is 19.9 Å². The molecule has 1 aliphatic heterocycles. The molecule has 0 atom stereocenters. The Morgan fingerprint density at radius 3 is 3.06 bits per heavy atom. The quantitative estimate of drug-likeness (QED) is 0.863. The van der Waals surface area contributed by atoms with Gasteiger partial charge in [-0.05, 0) is 36.8 Å². The largest absolute Gasteiger partial charge is 0.454 e. The molecule has 0 radical (unpaired) electrons. The fourth-order valence-corrected chi connectivity index (χ4v) is 2.32. The Morgan fingerprint density at radius 2 is 2.22 bits per heavy atom. The second-order valence-electron chi connectivity index (χ2n) is 4.05. The molecule has 0 amide bonds. The summed E-state index contributed by atoms with van der Waals surface area (Å²) in [6.45, 7) is 3.16. The number of aromatic amines is 1. The first-order valence-electron chi connectivity index (χ1n) is 5.80. The number of ether oxygens (including phenoxy) is 2. The van der Waals surface area contributed by atoms with Gasteiger partial charge in [0.2, 0.25) is 6.79 Å². The molecule has 3 rings (SSSR count). The lowest BCUT2D eigenvalue weighted by Crippen LogP contribution is -2.02. The molecule has 5 nitrogen and oxygen atoms in total. The zero-order chi connectivity index (χ0) is 12.5. The van der Waals surface area contributed by atoms with Gasteiger partial charge in [0.15, 0.2) is 16.3 Å². The summed E-state index contributed by atoms with van der Waals surface area (Å²) in [6, 6.07) is 5.93. The predicted molar refractivity (Wildman–Crippen MR) is 68.5 cm³/mol. The van der Waals surface area contributed by atoms with Gasteiger partial charge in [0.25, 0.3) is 0 Å². The summed E-state index contributed by atoms with van der Waals surface area (Å²) in [7, 11) is 0. The van der Waals surface area contributed by atoms with E-state index in [9.17, 15) is 0 Å². The number of nitrogens with zero attached hydrogens (tertiary/aromatic N) is 2. The summed E-state index contributed by atoms with van der Waals surface area (Å²) in [6.07, 6.45) is 0.720. The Kier molecular flexibility index (Phi) is 2.79. The molecule has 1 aromatic heterocycles. The number of fused-ring (bicyclic) bond motifs is 1. The van der Waals surface area contributed by atoms with Crippen molar-refractivity contribution >= 4 is 12.2 Å². The highest BCUT2D eigenvalue weighted by atomic mass is 32.1. The van der Waals surface area contributed by atoms with E-state index in [2.05, 4.69) is 17.1 Å². The van der Waals surface area contributed by atoms with Crippen LogP contribution in [0.4, 0.5) is 0 Å². The van der Waals surface area contributed by atoms with Crippen LogP contribution in [0.5, 0.6) is 11.5 Å². The minimum Gasteiger partial charge on any atom is -0.454 e. The molecule has 2 aromatic rings. The minimum absolute atomic E-state index is 0.298. The maximum absolute atomic E-state index is 5.36. The molecule has 0 saturated carbocycles. The van der Waals surface area contributed by atoms with Crippen LogP contribution < -0.4 is 9.47 Å². The van der Waals surface area contributed by atoms with E-state index < -0.39 is 0 Å². The minimum atomic E-state index is 0.298. The van der Waals surface area contributed by atoms with Crippen molar-refractivity contribution in [3.63, 3.8) is 0 Å². The van der Waals surface area contributed by atoms with Crippen LogP contribution in [0, 0.1) is 4.77 Å². The number of rotatable bonds is 3. The van der Waals surface area contributed by atoms with E-state index in [-0.39, 0.29) is 0 Å². The van der Waals surface area contributed by atoms with Crippen LogP contribution in [0.15, 0.2) is 18.2 Å². The van der Waals surface area contributed by atoms with Gasteiger partial charge in [-0.15, -0.1) is 0 Å². The second kappa shape index (κ2) is 4.45. The van der Waals surface area contributed by atoms with E-state index in [0.29, 0.717) is 11.6 Å². The van der Waals surface area contributed by atoms with Crippen molar-refractivity contribution in [1.82, 2.24) is 14.8 Å². The first-order chi connectivity index (χ1) is 8.78. The Labute approximate surface area is 109 Å². The molecule has 0 spiro atoms. The standard InChI is InChI=1S/C12H13N3O2S/c1-2-15-11(13-14-12(15)18)6-8-3-4-9-10(5-8)17-7-16-9/h3-5H,2,6-7H2,1H3,(H,14,18). The Balaban J connectivity index is 1.90. The van der Waals surface area contributed by atoms with Crippen molar-refractivity contribution in [2.24, 2.45) is 0 Å². The fraction of sp³-hybridized carbons (Fsp3) is 0.333. The van der Waals surface area contributed by atoms with E-state index in [1.807, 2.05) is 22.8 Å². The van der Waals surface area contributed by atoms with Crippen molar-refractivity contribution < 1.29 is 9.47 Å². The number of nitrogens with one attached hydrogen (secondary N) is 1. The molecule has 94 valence electrons. The van der Waals surface area contributed by atoms with Crippen LogP contribution in [0.1, 0.15) is 18.3 Å². The molecule has 2 heterocycles. The average molecular weight is 263 g/mol. The molecular weight excluding hydrogens is 250 g/mol. The number of hydrogen-bond donors (Lipinski definition) is 1. The summed E-state index contributed by atoms with van der Waals surface area (Å²) in [4.78, 5) is 0. The lowest BCUT2D eigenvalue weighted by Gasteiger charge is -2.04. The van der Waals surface area contributed by atoms with Crippen LogP contribution >= 0.6 is 12.2 Å². The van der Waals surface area contributed by atoms with Gasteiger partial charge in [0.1, 0.15) is 5.82 Å². The summed E-state index contributed by atoms with van der Waals surface area (Å²) in [5, 5.41) is 7.07. The molecule has 1 aliphatic rings. The van der Waals surface area contributed by atoms with Gasteiger partial charge in [-0.1, -0.05) is 6.07 Å². The Hall–Kier alpha value is -1.82. The first-order valence-corrected chi connectivity index (χ1v) is 6.21. The Morgan fingerprint density at radius 1 is 1.39 bits per heavy atom. The lowest BCUT2D eigenvalue weighted by molar-refractivity contribution is 0.174. The molecule has 1 N–H and O–H groups in total. The predicted octanol–water partition coefficient (Wildman–Crippen LogP) is 2.28. The number of hydrogen-bond acceptors (Lipinski definition) is 4. The van der Waals surface area contributed by atoms with Gasteiger partial charge in [-0.3, -0.25) is 5.10 Å². The first kappa shape index (κ1) is 11.3. The normalized spacial score (nSPS) is 12.9. The van der Waals surface area contributed by atoms with Crippen molar-refractivity contribution in [2.75, 3.05) is 6.79 Å². The van der Waals surface area contributed by atoms with E-state index in [1.54, 1.807) is 0 Å². The van der Waals surface area contributed by atoms with Crippen molar-refractivity contribution in [3.8, 4) is 11.5 Å². The van der Waals surface area contributed by atoms with Gasteiger partial charge in [-0.25, -0.2) is 0 Å². The highest BCUT2D eigenvalue weighted by molar-refractivity contribution is 7.71. The molecule has 0 unspecified atom stereocenters. The van der Waals surface area contributed by atoms with E-state index in [0.717, 1.165) is 35.9 Å². The van der Waals surface area contributed by atoms with Crippen LogP contribution in [-0.4, -0.2) is 21.6 Å². The zero-order valence-corrected chi connectivity index (χ0v) is 10.8. The summed E-state index contributed by atoms with van der Waals surface area (Å²) >= 11 is 5.17. The molecular formula is C12H13N3O2S. The smallest absolute Gasteiger partial charge is 0.231 e. The topological polar surface area (TPSA) is 52.1 Å². The molecule has 1 aromatic carbocycles. The van der Waals surface area contributed by atoms with E-state index in [1.165, 1.54) is 0 Å². The Bertz CT molecular complexity index is 632. The summed E-state index contributed by atoms with van der Waals surface area (Å²) in [5.74, 6) is 2.53. The monoisotopic (exact) mass is 263 g/mol. The van der Waals surface area contributed by atoms with Gasteiger partial charge < -0.3 is 14.0 Å². The highest BCUT2D eigenvalue weighted by Crippen LogP contribution is 2.32. The maximum atomic E-state index is 5.36. The van der Waals surface area contributed by atoms with Gasteiger partial charge >= 0.3 is 0 Å².